The van der Waals surface area contributed by atoms with Crippen molar-refractivity contribution in [3.8, 4) is 11.8 Å². The Morgan fingerprint density at radius 2 is 2.14 bits per heavy atom. The molecule has 0 saturated carbocycles. The third-order valence-electron chi connectivity index (χ3n) is 3.87. The maximum absolute atomic E-state index is 9.74. The number of fused-ring (bicyclic) bond motifs is 1. The molecule has 1 aliphatic heterocycles. The zero-order valence-corrected chi connectivity index (χ0v) is 12.5. The highest BCUT2D eigenvalue weighted by atomic mass is 16.5. The van der Waals surface area contributed by atoms with Gasteiger partial charge in [-0.2, -0.15) is 5.26 Å². The molecule has 1 N–H and O–H groups in total. The van der Waals surface area contributed by atoms with E-state index in [4.69, 9.17) is 10.00 Å². The number of aromatic hydroxyl groups is 1. The molecular formula is C18H18N2O2. The van der Waals surface area contributed by atoms with Gasteiger partial charge in [-0.05, 0) is 42.8 Å². The van der Waals surface area contributed by atoms with Crippen molar-refractivity contribution in [2.45, 2.75) is 19.4 Å². The average Bonchev–Trinajstić information content (AvgIpc) is 2.50. The highest BCUT2D eigenvalue weighted by Crippen LogP contribution is 2.33. The summed E-state index contributed by atoms with van der Waals surface area (Å²) in [7, 11) is 0. The zero-order valence-electron chi connectivity index (χ0n) is 12.5. The molecule has 0 saturated heterocycles. The van der Waals surface area contributed by atoms with Crippen molar-refractivity contribution in [3.63, 3.8) is 0 Å². The van der Waals surface area contributed by atoms with Gasteiger partial charge in [0.05, 0.1) is 24.3 Å². The molecule has 4 heteroatoms. The van der Waals surface area contributed by atoms with Crippen LogP contribution in [-0.2, 0) is 11.2 Å². The van der Waals surface area contributed by atoms with E-state index in [9.17, 15) is 5.11 Å². The Morgan fingerprint density at radius 3 is 2.91 bits per heavy atom. The molecule has 0 aromatic heterocycles. The lowest BCUT2D eigenvalue weighted by Gasteiger charge is -2.31. The van der Waals surface area contributed by atoms with E-state index >= 15 is 0 Å². The minimum Gasteiger partial charge on any atom is -0.508 e. The minimum atomic E-state index is 0.124. The number of ether oxygens (including phenoxy) is 1. The fraction of sp³-hybridized carbons (Fsp3) is 0.278. The number of hydrogen-bond acceptors (Lipinski definition) is 4. The Balaban J connectivity index is 2.09. The Bertz CT molecular complexity index is 721. The molecule has 1 heterocycles. The van der Waals surface area contributed by atoms with Gasteiger partial charge in [-0.3, -0.25) is 0 Å². The van der Waals surface area contributed by atoms with E-state index in [1.807, 2.05) is 37.3 Å². The summed E-state index contributed by atoms with van der Waals surface area (Å²) in [5.74, 6) is 0.240. The van der Waals surface area contributed by atoms with E-state index in [-0.39, 0.29) is 11.9 Å². The summed E-state index contributed by atoms with van der Waals surface area (Å²) in [4.78, 5) is 2.13. The second-order valence-corrected chi connectivity index (χ2v) is 5.51. The predicted octanol–water partition coefficient (Wildman–Crippen LogP) is 3.36. The Morgan fingerprint density at radius 1 is 1.27 bits per heavy atom. The van der Waals surface area contributed by atoms with Crippen LogP contribution in [0.1, 0.15) is 18.1 Å². The summed E-state index contributed by atoms with van der Waals surface area (Å²) in [6.45, 7) is 3.37. The molecular weight excluding hydrogens is 276 g/mol. The van der Waals surface area contributed by atoms with Crippen LogP contribution in [0.25, 0.3) is 0 Å². The molecule has 0 fully saturated rings. The zero-order chi connectivity index (χ0) is 15.5. The molecule has 0 aliphatic carbocycles. The van der Waals surface area contributed by atoms with Crippen molar-refractivity contribution >= 4 is 11.4 Å². The normalized spacial score (nSPS) is 18.0. The number of phenolic OH excluding ortho intramolecular Hbond substituents is 1. The van der Waals surface area contributed by atoms with Gasteiger partial charge in [0.1, 0.15) is 5.75 Å². The van der Waals surface area contributed by atoms with E-state index in [2.05, 4.69) is 11.0 Å². The largest absolute Gasteiger partial charge is 0.508 e. The molecule has 3 rings (SSSR count). The first-order chi connectivity index (χ1) is 10.7. The number of nitrogens with zero attached hydrogens (tertiary/aromatic N) is 2. The molecule has 1 aliphatic rings. The lowest BCUT2D eigenvalue weighted by atomic mass is 10.0. The molecule has 112 valence electrons. The van der Waals surface area contributed by atoms with Gasteiger partial charge in [0.2, 0.25) is 0 Å². The first kappa shape index (κ1) is 14.4. The van der Waals surface area contributed by atoms with E-state index in [1.54, 1.807) is 12.1 Å². The number of anilines is 2. The van der Waals surface area contributed by atoms with Crippen LogP contribution >= 0.6 is 0 Å². The van der Waals surface area contributed by atoms with Crippen LogP contribution in [0.4, 0.5) is 11.4 Å². The lowest BCUT2D eigenvalue weighted by molar-refractivity contribution is 0.0703. The molecule has 0 radical (unpaired) electrons. The molecule has 22 heavy (non-hydrogen) atoms. The Kier molecular flexibility index (Phi) is 3.99. The number of rotatable bonds is 1. The number of benzene rings is 2. The molecule has 1 unspecified atom stereocenters. The van der Waals surface area contributed by atoms with Crippen LogP contribution < -0.4 is 4.90 Å². The van der Waals surface area contributed by atoms with Gasteiger partial charge in [0.15, 0.2) is 0 Å². The molecule has 2 aromatic carbocycles. The molecule has 2 aromatic rings. The first-order valence-electron chi connectivity index (χ1n) is 7.38. The average molecular weight is 294 g/mol. The monoisotopic (exact) mass is 294 g/mol. The van der Waals surface area contributed by atoms with Gasteiger partial charge < -0.3 is 14.7 Å². The minimum absolute atomic E-state index is 0.124. The number of nitriles is 1. The van der Waals surface area contributed by atoms with Crippen LogP contribution in [-0.4, -0.2) is 24.4 Å². The van der Waals surface area contributed by atoms with Gasteiger partial charge in [-0.1, -0.05) is 6.07 Å². The maximum Gasteiger partial charge on any atom is 0.117 e. The fourth-order valence-corrected chi connectivity index (χ4v) is 2.85. The van der Waals surface area contributed by atoms with Crippen molar-refractivity contribution < 1.29 is 9.84 Å². The first-order valence-corrected chi connectivity index (χ1v) is 7.38. The smallest absolute Gasteiger partial charge is 0.117 e. The van der Waals surface area contributed by atoms with Gasteiger partial charge in [0.25, 0.3) is 0 Å². The SMILES string of the molecule is CC1Cc2cc(C#N)ccc2N(c2cccc(O)c2)CCO1. The summed E-state index contributed by atoms with van der Waals surface area (Å²) >= 11 is 0. The summed E-state index contributed by atoms with van der Waals surface area (Å²) in [5, 5.41) is 18.9. The molecule has 0 spiro atoms. The van der Waals surface area contributed by atoms with Crippen molar-refractivity contribution in [1.29, 1.82) is 5.26 Å². The Hall–Kier alpha value is -2.51. The number of phenols is 1. The molecule has 1 atom stereocenters. The molecule has 0 bridgehead atoms. The topological polar surface area (TPSA) is 56.5 Å². The summed E-state index contributed by atoms with van der Waals surface area (Å²) < 4.78 is 5.81. The van der Waals surface area contributed by atoms with Crippen molar-refractivity contribution in [3.05, 3.63) is 53.6 Å². The van der Waals surface area contributed by atoms with Gasteiger partial charge in [-0.25, -0.2) is 0 Å². The number of hydrogen-bond donors (Lipinski definition) is 1. The summed E-state index contributed by atoms with van der Waals surface area (Å²) in [6.07, 6.45) is 0.888. The van der Waals surface area contributed by atoms with Gasteiger partial charge >= 0.3 is 0 Å². The van der Waals surface area contributed by atoms with Crippen molar-refractivity contribution in [1.82, 2.24) is 0 Å². The lowest BCUT2D eigenvalue weighted by Crippen LogP contribution is -2.29. The molecule has 4 nitrogen and oxygen atoms in total. The van der Waals surface area contributed by atoms with Crippen LogP contribution in [0, 0.1) is 11.3 Å². The van der Waals surface area contributed by atoms with Crippen molar-refractivity contribution in [2.24, 2.45) is 0 Å². The van der Waals surface area contributed by atoms with E-state index in [0.717, 1.165) is 23.4 Å². The van der Waals surface area contributed by atoms with Crippen LogP contribution in [0.5, 0.6) is 5.75 Å². The van der Waals surface area contributed by atoms with Crippen LogP contribution in [0.15, 0.2) is 42.5 Å². The van der Waals surface area contributed by atoms with Crippen molar-refractivity contribution in [2.75, 3.05) is 18.1 Å². The maximum atomic E-state index is 9.74. The third kappa shape index (κ3) is 2.90. The predicted molar refractivity (Wildman–Crippen MR) is 85.4 cm³/mol. The Labute approximate surface area is 130 Å². The van der Waals surface area contributed by atoms with Crippen LogP contribution in [0.2, 0.25) is 0 Å². The van der Waals surface area contributed by atoms with Gasteiger partial charge in [-0.15, -0.1) is 0 Å². The summed E-state index contributed by atoms with van der Waals surface area (Å²) in [6, 6.07) is 15.1. The quantitative estimate of drug-likeness (QED) is 0.876. The summed E-state index contributed by atoms with van der Waals surface area (Å²) in [5.41, 5.74) is 3.74. The highest BCUT2D eigenvalue weighted by Gasteiger charge is 2.19. The van der Waals surface area contributed by atoms with E-state index < -0.39 is 0 Å². The van der Waals surface area contributed by atoms with E-state index in [1.165, 1.54) is 0 Å². The van der Waals surface area contributed by atoms with Crippen LogP contribution in [0.3, 0.4) is 0 Å². The molecule has 0 amide bonds. The third-order valence-corrected chi connectivity index (χ3v) is 3.87. The standard InChI is InChI=1S/C18H18N2O2/c1-13-9-15-10-14(12-19)5-6-18(15)20(7-8-22-13)16-3-2-4-17(21)11-16/h2-6,10-11,13,21H,7-9H2,1H3. The van der Waals surface area contributed by atoms with Gasteiger partial charge in [0, 0.05) is 30.4 Å². The second kappa shape index (κ2) is 6.08. The highest BCUT2D eigenvalue weighted by molar-refractivity contribution is 5.68. The second-order valence-electron chi connectivity index (χ2n) is 5.51. The fourth-order valence-electron chi connectivity index (χ4n) is 2.85. The van der Waals surface area contributed by atoms with E-state index in [0.29, 0.717) is 18.7 Å².